The maximum absolute atomic E-state index is 12.3. The van der Waals surface area contributed by atoms with Gasteiger partial charge >= 0.3 is 0 Å². The topological polar surface area (TPSA) is 64.8 Å². The minimum atomic E-state index is 0. The zero-order valence-corrected chi connectivity index (χ0v) is 13.3. The Balaban J connectivity index is 0.00000220. The lowest BCUT2D eigenvalue weighted by Gasteiger charge is -2.30. The SMILES string of the molecule is COc1ccc(CC(=O)N2CCCC(N)C2)cc1OC.Cl. The third kappa shape index (κ3) is 4.51. The number of nitrogens with two attached hydrogens (primary N) is 1. The summed E-state index contributed by atoms with van der Waals surface area (Å²) >= 11 is 0. The van der Waals surface area contributed by atoms with Gasteiger partial charge < -0.3 is 20.1 Å². The molecule has 0 saturated carbocycles. The number of likely N-dealkylation sites (tertiary alicyclic amines) is 1. The van der Waals surface area contributed by atoms with Crippen molar-refractivity contribution in [2.24, 2.45) is 5.73 Å². The van der Waals surface area contributed by atoms with E-state index in [0.29, 0.717) is 24.5 Å². The van der Waals surface area contributed by atoms with Crippen LogP contribution in [-0.4, -0.2) is 44.2 Å². The van der Waals surface area contributed by atoms with Gasteiger partial charge in [-0.25, -0.2) is 0 Å². The van der Waals surface area contributed by atoms with Crippen LogP contribution in [-0.2, 0) is 11.2 Å². The second-order valence-corrected chi connectivity index (χ2v) is 5.11. The number of benzene rings is 1. The molecule has 2 rings (SSSR count). The first kappa shape index (κ1) is 17.6. The molecule has 1 aromatic carbocycles. The van der Waals surface area contributed by atoms with Crippen LogP contribution in [0.4, 0.5) is 0 Å². The van der Waals surface area contributed by atoms with Gasteiger partial charge in [0, 0.05) is 19.1 Å². The van der Waals surface area contributed by atoms with Gasteiger partial charge in [-0.1, -0.05) is 6.07 Å². The van der Waals surface area contributed by atoms with Crippen molar-refractivity contribution in [3.63, 3.8) is 0 Å². The van der Waals surface area contributed by atoms with Crippen molar-refractivity contribution < 1.29 is 14.3 Å². The van der Waals surface area contributed by atoms with Gasteiger partial charge in [0.2, 0.25) is 5.91 Å². The highest BCUT2D eigenvalue weighted by Crippen LogP contribution is 2.28. The van der Waals surface area contributed by atoms with E-state index in [2.05, 4.69) is 0 Å². The highest BCUT2D eigenvalue weighted by Gasteiger charge is 2.21. The number of piperidine rings is 1. The summed E-state index contributed by atoms with van der Waals surface area (Å²) in [6, 6.07) is 5.67. The van der Waals surface area contributed by atoms with Crippen LogP contribution < -0.4 is 15.2 Å². The van der Waals surface area contributed by atoms with Gasteiger partial charge in [0.1, 0.15) is 0 Å². The van der Waals surface area contributed by atoms with Crippen LogP contribution in [0.5, 0.6) is 11.5 Å². The van der Waals surface area contributed by atoms with Crippen molar-refractivity contribution in [2.45, 2.75) is 25.3 Å². The fraction of sp³-hybridized carbons (Fsp3) is 0.533. The molecule has 1 aliphatic rings. The largest absolute Gasteiger partial charge is 0.493 e. The van der Waals surface area contributed by atoms with E-state index in [1.165, 1.54) is 0 Å². The van der Waals surface area contributed by atoms with E-state index >= 15 is 0 Å². The third-order valence-corrected chi connectivity index (χ3v) is 3.61. The van der Waals surface area contributed by atoms with E-state index in [9.17, 15) is 4.79 Å². The first-order valence-corrected chi connectivity index (χ1v) is 6.88. The lowest BCUT2D eigenvalue weighted by atomic mass is 10.0. The van der Waals surface area contributed by atoms with Crippen LogP contribution in [0.1, 0.15) is 18.4 Å². The summed E-state index contributed by atoms with van der Waals surface area (Å²) in [4.78, 5) is 14.1. The van der Waals surface area contributed by atoms with E-state index in [4.69, 9.17) is 15.2 Å². The molecule has 118 valence electrons. The molecule has 1 unspecified atom stereocenters. The predicted molar refractivity (Wildman–Crippen MR) is 84.3 cm³/mol. The Morgan fingerprint density at radius 3 is 2.67 bits per heavy atom. The van der Waals surface area contributed by atoms with Crippen molar-refractivity contribution in [3.05, 3.63) is 23.8 Å². The Morgan fingerprint density at radius 2 is 2.05 bits per heavy atom. The van der Waals surface area contributed by atoms with Gasteiger partial charge in [0.15, 0.2) is 11.5 Å². The number of ether oxygens (including phenoxy) is 2. The normalized spacial score (nSPS) is 17.9. The molecule has 0 radical (unpaired) electrons. The molecule has 1 aliphatic heterocycles. The van der Waals surface area contributed by atoms with Crippen molar-refractivity contribution >= 4 is 18.3 Å². The molecule has 1 aromatic rings. The average molecular weight is 315 g/mol. The van der Waals surface area contributed by atoms with E-state index in [1.807, 2.05) is 23.1 Å². The van der Waals surface area contributed by atoms with Crippen molar-refractivity contribution in [3.8, 4) is 11.5 Å². The van der Waals surface area contributed by atoms with Crippen molar-refractivity contribution in [1.82, 2.24) is 4.90 Å². The minimum absolute atomic E-state index is 0. The quantitative estimate of drug-likeness (QED) is 0.917. The molecule has 0 aromatic heterocycles. The van der Waals surface area contributed by atoms with Crippen LogP contribution in [0.3, 0.4) is 0 Å². The van der Waals surface area contributed by atoms with E-state index < -0.39 is 0 Å². The van der Waals surface area contributed by atoms with Gasteiger partial charge in [-0.05, 0) is 30.5 Å². The minimum Gasteiger partial charge on any atom is -0.493 e. The van der Waals surface area contributed by atoms with Crippen molar-refractivity contribution in [1.29, 1.82) is 0 Å². The molecule has 21 heavy (non-hydrogen) atoms. The lowest BCUT2D eigenvalue weighted by molar-refractivity contribution is -0.131. The first-order valence-electron chi connectivity index (χ1n) is 6.88. The number of rotatable bonds is 4. The molecule has 1 fully saturated rings. The van der Waals surface area contributed by atoms with Crippen LogP contribution in [0.15, 0.2) is 18.2 Å². The Hall–Kier alpha value is -1.46. The summed E-state index contributed by atoms with van der Waals surface area (Å²) in [5, 5.41) is 0. The predicted octanol–water partition coefficient (Wildman–Crippen LogP) is 1.62. The molecule has 1 heterocycles. The van der Waals surface area contributed by atoms with Crippen LogP contribution in [0, 0.1) is 0 Å². The zero-order chi connectivity index (χ0) is 14.5. The number of hydrogen-bond donors (Lipinski definition) is 1. The van der Waals surface area contributed by atoms with Crippen molar-refractivity contribution in [2.75, 3.05) is 27.3 Å². The van der Waals surface area contributed by atoms with Gasteiger partial charge in [-0.2, -0.15) is 0 Å². The molecule has 5 nitrogen and oxygen atoms in total. The fourth-order valence-corrected chi connectivity index (χ4v) is 2.51. The number of methoxy groups -OCH3 is 2. The summed E-state index contributed by atoms with van der Waals surface area (Å²) in [5.74, 6) is 1.43. The van der Waals surface area contributed by atoms with Gasteiger partial charge in [0.25, 0.3) is 0 Å². The van der Waals surface area contributed by atoms with Gasteiger partial charge in [-0.15, -0.1) is 12.4 Å². The van der Waals surface area contributed by atoms with Gasteiger partial charge in [0.05, 0.1) is 20.6 Å². The number of carbonyl (C=O) groups excluding carboxylic acids is 1. The molecular weight excluding hydrogens is 292 g/mol. The zero-order valence-electron chi connectivity index (χ0n) is 12.5. The molecule has 0 bridgehead atoms. The van der Waals surface area contributed by atoms with Crippen LogP contribution in [0.25, 0.3) is 0 Å². The number of nitrogens with zero attached hydrogens (tertiary/aromatic N) is 1. The molecule has 2 N–H and O–H groups in total. The van der Waals surface area contributed by atoms with E-state index in [1.54, 1.807) is 14.2 Å². The van der Waals surface area contributed by atoms with Crippen LogP contribution >= 0.6 is 12.4 Å². The number of carbonyl (C=O) groups is 1. The smallest absolute Gasteiger partial charge is 0.227 e. The molecular formula is C15H23ClN2O3. The molecule has 1 atom stereocenters. The maximum Gasteiger partial charge on any atom is 0.227 e. The van der Waals surface area contributed by atoms with E-state index in [-0.39, 0.29) is 24.4 Å². The number of halogens is 1. The Morgan fingerprint density at radius 1 is 1.33 bits per heavy atom. The standard InChI is InChI=1S/C15H22N2O3.ClH/c1-19-13-6-5-11(8-14(13)20-2)9-15(18)17-7-3-4-12(16)10-17;/h5-6,8,12H,3-4,7,9-10,16H2,1-2H3;1H. The molecule has 0 spiro atoms. The number of amides is 1. The fourth-order valence-electron chi connectivity index (χ4n) is 2.51. The summed E-state index contributed by atoms with van der Waals surface area (Å²) in [5.41, 5.74) is 6.83. The molecule has 1 saturated heterocycles. The molecule has 0 aliphatic carbocycles. The average Bonchev–Trinajstić information content (AvgIpc) is 2.47. The second-order valence-electron chi connectivity index (χ2n) is 5.11. The monoisotopic (exact) mass is 314 g/mol. The first-order chi connectivity index (χ1) is 9.63. The highest BCUT2D eigenvalue weighted by atomic mass is 35.5. The molecule has 1 amide bonds. The van der Waals surface area contributed by atoms with Crippen LogP contribution in [0.2, 0.25) is 0 Å². The maximum atomic E-state index is 12.3. The Kier molecular flexibility index (Phi) is 6.78. The summed E-state index contributed by atoms with van der Waals surface area (Å²) in [7, 11) is 3.19. The second kappa shape index (κ2) is 8.10. The summed E-state index contributed by atoms with van der Waals surface area (Å²) in [6.07, 6.45) is 2.35. The third-order valence-electron chi connectivity index (χ3n) is 3.61. The van der Waals surface area contributed by atoms with Gasteiger partial charge in [-0.3, -0.25) is 4.79 Å². The highest BCUT2D eigenvalue weighted by molar-refractivity contribution is 5.85. The van der Waals surface area contributed by atoms with E-state index in [0.717, 1.165) is 24.9 Å². The number of hydrogen-bond acceptors (Lipinski definition) is 4. The Bertz CT molecular complexity index is 482. The molecule has 6 heteroatoms. The Labute approximate surface area is 131 Å². The summed E-state index contributed by atoms with van der Waals surface area (Å²) < 4.78 is 10.4. The lowest BCUT2D eigenvalue weighted by Crippen LogP contribution is -2.46. The summed E-state index contributed by atoms with van der Waals surface area (Å²) in [6.45, 7) is 1.46.